The van der Waals surface area contributed by atoms with E-state index in [0.717, 1.165) is 11.0 Å². The Labute approximate surface area is 84.2 Å². The molecule has 2 N–H and O–H groups in total. The highest BCUT2D eigenvalue weighted by molar-refractivity contribution is 5.73. The van der Waals surface area contributed by atoms with Gasteiger partial charge in [0.25, 0.3) is 0 Å². The van der Waals surface area contributed by atoms with E-state index >= 15 is 0 Å². The predicted molar refractivity (Wildman–Crippen MR) is 61.6 cm³/mol. The molecule has 0 saturated heterocycles. The van der Waals surface area contributed by atoms with Gasteiger partial charge in [0.15, 0.2) is 0 Å². The number of rotatable bonds is 0. The van der Waals surface area contributed by atoms with Gasteiger partial charge in [0.1, 0.15) is 0 Å². The minimum Gasteiger partial charge on any atom is -0.306 e. The molecule has 3 nitrogen and oxygen atoms in total. The molecule has 0 spiro atoms. The number of nitrogens with one attached hydrogen (secondary N) is 2. The Morgan fingerprint density at radius 2 is 1.21 bits per heavy atom. The standard InChI is InChI=1S/C7H6N2O.2C2H6/c10-7-8-5-3-1-2-4-6(5)9-7;2*1-2/h1-4H,(H2,8,9,10);2*1-2H3. The van der Waals surface area contributed by atoms with E-state index in [1.54, 1.807) is 0 Å². The predicted octanol–water partition coefficient (Wildman–Crippen LogP) is 2.91. The molecule has 0 unspecified atom stereocenters. The second-order valence-corrected chi connectivity index (χ2v) is 2.12. The molecule has 1 heterocycles. The molecule has 1 aromatic carbocycles. The third kappa shape index (κ3) is 3.09. The number of para-hydroxylation sites is 2. The number of imidazole rings is 1. The number of hydrogen-bond acceptors (Lipinski definition) is 1. The summed E-state index contributed by atoms with van der Waals surface area (Å²) in [6.07, 6.45) is 0. The van der Waals surface area contributed by atoms with Crippen LogP contribution in [0.5, 0.6) is 0 Å². The smallest absolute Gasteiger partial charge is 0.306 e. The van der Waals surface area contributed by atoms with Crippen molar-refractivity contribution in [2.45, 2.75) is 27.7 Å². The fourth-order valence-electron chi connectivity index (χ4n) is 0.977. The molecule has 0 saturated carbocycles. The minimum atomic E-state index is -0.152. The summed E-state index contributed by atoms with van der Waals surface area (Å²) in [6, 6.07) is 7.47. The largest absolute Gasteiger partial charge is 0.323 e. The van der Waals surface area contributed by atoms with E-state index < -0.39 is 0 Å². The summed E-state index contributed by atoms with van der Waals surface area (Å²) in [7, 11) is 0. The molecule has 0 aliphatic heterocycles. The Bertz CT molecular complexity index is 365. The van der Waals surface area contributed by atoms with E-state index in [2.05, 4.69) is 9.97 Å². The molecule has 0 aliphatic rings. The zero-order valence-electron chi connectivity index (χ0n) is 9.22. The van der Waals surface area contributed by atoms with Crippen molar-refractivity contribution in [3.63, 3.8) is 0 Å². The lowest BCUT2D eigenvalue weighted by Crippen LogP contribution is -1.99. The summed E-state index contributed by atoms with van der Waals surface area (Å²) in [5.41, 5.74) is 1.56. The van der Waals surface area contributed by atoms with Crippen LogP contribution in [-0.4, -0.2) is 9.97 Å². The number of benzene rings is 1. The molecule has 0 radical (unpaired) electrons. The van der Waals surface area contributed by atoms with Crippen LogP contribution in [0.1, 0.15) is 27.7 Å². The van der Waals surface area contributed by atoms with E-state index in [0.29, 0.717) is 0 Å². The molecular weight excluding hydrogens is 176 g/mol. The lowest BCUT2D eigenvalue weighted by atomic mass is 10.3. The number of H-pyrrole nitrogens is 2. The van der Waals surface area contributed by atoms with Gasteiger partial charge in [-0.15, -0.1) is 0 Å². The van der Waals surface area contributed by atoms with Crippen LogP contribution in [0.25, 0.3) is 11.0 Å². The second-order valence-electron chi connectivity index (χ2n) is 2.12. The molecule has 0 atom stereocenters. The molecule has 0 bridgehead atoms. The lowest BCUT2D eigenvalue weighted by Gasteiger charge is -1.81. The topological polar surface area (TPSA) is 48.6 Å². The summed E-state index contributed by atoms with van der Waals surface area (Å²) in [4.78, 5) is 16.0. The summed E-state index contributed by atoms with van der Waals surface area (Å²) in [6.45, 7) is 8.00. The molecule has 78 valence electrons. The van der Waals surface area contributed by atoms with Crippen molar-refractivity contribution in [2.24, 2.45) is 0 Å². The van der Waals surface area contributed by atoms with Gasteiger partial charge in [-0.25, -0.2) is 4.79 Å². The fourth-order valence-corrected chi connectivity index (χ4v) is 0.977. The van der Waals surface area contributed by atoms with Crippen LogP contribution in [0.15, 0.2) is 29.1 Å². The molecule has 2 rings (SSSR count). The van der Waals surface area contributed by atoms with Gasteiger partial charge in [0, 0.05) is 0 Å². The lowest BCUT2D eigenvalue weighted by molar-refractivity contribution is 1.22. The normalized spacial score (nSPS) is 8.29. The molecule has 3 heteroatoms. The first kappa shape index (κ1) is 12.5. The van der Waals surface area contributed by atoms with Gasteiger partial charge in [-0.1, -0.05) is 39.8 Å². The summed E-state index contributed by atoms with van der Waals surface area (Å²) < 4.78 is 0. The van der Waals surface area contributed by atoms with Gasteiger partial charge in [-0.2, -0.15) is 0 Å². The Balaban J connectivity index is 0.000000379. The average Bonchev–Trinajstić information content (AvgIpc) is 2.64. The molecule has 0 fully saturated rings. The highest BCUT2D eigenvalue weighted by Gasteiger charge is 1.92. The fraction of sp³-hybridized carbons (Fsp3) is 0.364. The van der Waals surface area contributed by atoms with E-state index in [1.165, 1.54) is 0 Å². The van der Waals surface area contributed by atoms with Crippen molar-refractivity contribution < 1.29 is 0 Å². The van der Waals surface area contributed by atoms with E-state index in [1.807, 2.05) is 52.0 Å². The quantitative estimate of drug-likeness (QED) is 0.665. The van der Waals surface area contributed by atoms with Gasteiger partial charge in [-0.05, 0) is 12.1 Å². The maximum absolute atomic E-state index is 10.7. The van der Waals surface area contributed by atoms with Crippen LogP contribution in [-0.2, 0) is 0 Å². The zero-order valence-corrected chi connectivity index (χ0v) is 9.22. The van der Waals surface area contributed by atoms with Crippen LogP contribution in [0.3, 0.4) is 0 Å². The van der Waals surface area contributed by atoms with E-state index in [-0.39, 0.29) is 5.69 Å². The Morgan fingerprint density at radius 1 is 0.857 bits per heavy atom. The maximum atomic E-state index is 10.7. The van der Waals surface area contributed by atoms with E-state index in [9.17, 15) is 4.79 Å². The van der Waals surface area contributed by atoms with Gasteiger partial charge in [0.05, 0.1) is 11.0 Å². The van der Waals surface area contributed by atoms with Crippen LogP contribution < -0.4 is 5.69 Å². The van der Waals surface area contributed by atoms with Gasteiger partial charge in [0.2, 0.25) is 0 Å². The third-order valence-corrected chi connectivity index (χ3v) is 1.42. The van der Waals surface area contributed by atoms with Crippen LogP contribution in [0, 0.1) is 0 Å². The van der Waals surface area contributed by atoms with Crippen molar-refractivity contribution in [1.82, 2.24) is 9.97 Å². The minimum absolute atomic E-state index is 0.152. The van der Waals surface area contributed by atoms with Crippen LogP contribution in [0.4, 0.5) is 0 Å². The molecule has 1 aromatic heterocycles. The Hall–Kier alpha value is -1.51. The third-order valence-electron chi connectivity index (χ3n) is 1.42. The van der Waals surface area contributed by atoms with Gasteiger partial charge in [-0.3, -0.25) is 0 Å². The monoisotopic (exact) mass is 194 g/mol. The molecule has 2 aromatic rings. The van der Waals surface area contributed by atoms with Gasteiger partial charge < -0.3 is 9.97 Å². The van der Waals surface area contributed by atoms with Gasteiger partial charge >= 0.3 is 5.69 Å². The molecule has 0 amide bonds. The second kappa shape index (κ2) is 6.95. The van der Waals surface area contributed by atoms with Crippen molar-refractivity contribution in [2.75, 3.05) is 0 Å². The average molecular weight is 194 g/mol. The van der Waals surface area contributed by atoms with Crippen molar-refractivity contribution in [3.05, 3.63) is 34.7 Å². The number of aromatic nitrogens is 2. The first-order valence-corrected chi connectivity index (χ1v) is 5.03. The summed E-state index contributed by atoms with van der Waals surface area (Å²) in [5.74, 6) is 0. The SMILES string of the molecule is CC.CC.O=c1[nH]c2ccccc2[nH]1. The number of hydrogen-bond donors (Lipinski definition) is 2. The number of aromatic amines is 2. The number of fused-ring (bicyclic) bond motifs is 1. The van der Waals surface area contributed by atoms with Crippen molar-refractivity contribution >= 4 is 11.0 Å². The molecular formula is C11H18N2O. The summed E-state index contributed by atoms with van der Waals surface area (Å²) in [5, 5.41) is 0. The van der Waals surface area contributed by atoms with Crippen molar-refractivity contribution in [1.29, 1.82) is 0 Å². The first-order valence-electron chi connectivity index (χ1n) is 5.03. The van der Waals surface area contributed by atoms with Crippen molar-refractivity contribution in [3.8, 4) is 0 Å². The molecule has 0 aliphatic carbocycles. The Kier molecular flexibility index (Phi) is 6.20. The maximum Gasteiger partial charge on any atom is 0.323 e. The summed E-state index contributed by atoms with van der Waals surface area (Å²) >= 11 is 0. The first-order chi connectivity index (χ1) is 6.86. The van der Waals surface area contributed by atoms with E-state index in [4.69, 9.17) is 0 Å². The highest BCUT2D eigenvalue weighted by Crippen LogP contribution is 2.03. The zero-order chi connectivity index (χ0) is 11.0. The van der Waals surface area contributed by atoms with Crippen LogP contribution >= 0.6 is 0 Å². The Morgan fingerprint density at radius 3 is 1.57 bits per heavy atom. The van der Waals surface area contributed by atoms with Crippen LogP contribution in [0.2, 0.25) is 0 Å². The molecule has 14 heavy (non-hydrogen) atoms. The highest BCUT2D eigenvalue weighted by atomic mass is 16.1.